The summed E-state index contributed by atoms with van der Waals surface area (Å²) in [5.41, 5.74) is -0.380. The van der Waals surface area contributed by atoms with Crippen LogP contribution in [0.2, 0.25) is 0 Å². The van der Waals surface area contributed by atoms with E-state index in [2.05, 4.69) is 11.6 Å². The average molecular weight is 219 g/mol. The van der Waals surface area contributed by atoms with Crippen molar-refractivity contribution < 1.29 is 10.2 Å². The van der Waals surface area contributed by atoms with Crippen LogP contribution in [0.5, 0.6) is 0 Å². The van der Waals surface area contributed by atoms with E-state index in [1.165, 1.54) is 12.8 Å². The molecule has 1 rings (SSSR count). The number of nitrogens with one attached hydrogen (secondary N) is 1. The van der Waals surface area contributed by atoms with Gasteiger partial charge in [0.1, 0.15) is 0 Å². The van der Waals surface area contributed by atoms with Gasteiger partial charge in [-0.3, -0.25) is 0 Å². The van der Waals surface area contributed by atoms with Gasteiger partial charge in [0, 0.05) is 23.3 Å². The van der Waals surface area contributed by atoms with Crippen LogP contribution in [0.25, 0.3) is 0 Å². The van der Waals surface area contributed by atoms with E-state index in [0.717, 1.165) is 6.54 Å². The summed E-state index contributed by atoms with van der Waals surface area (Å²) in [6, 6.07) is 0. The van der Waals surface area contributed by atoms with Crippen LogP contribution in [0.4, 0.5) is 0 Å². The second kappa shape index (κ2) is 4.84. The van der Waals surface area contributed by atoms with Gasteiger partial charge in [-0.05, 0) is 19.1 Å². The van der Waals surface area contributed by atoms with E-state index < -0.39 is 0 Å². The first-order valence-corrected chi connectivity index (χ1v) is 6.30. The summed E-state index contributed by atoms with van der Waals surface area (Å²) in [5.74, 6) is 0. The summed E-state index contributed by atoms with van der Waals surface area (Å²) in [5, 5.41) is 21.5. The maximum atomic E-state index is 9.08. The van der Waals surface area contributed by atoms with E-state index >= 15 is 0 Å². The Hall–Kier alpha value is 0.230. The van der Waals surface area contributed by atoms with Gasteiger partial charge in [-0.1, -0.05) is 6.92 Å². The lowest BCUT2D eigenvalue weighted by atomic mass is 9.93. The molecule has 1 fully saturated rings. The monoisotopic (exact) mass is 219 g/mol. The number of aliphatic hydroxyl groups excluding tert-OH is 2. The number of rotatable bonds is 7. The highest BCUT2D eigenvalue weighted by Gasteiger charge is 2.41. The lowest BCUT2D eigenvalue weighted by Crippen LogP contribution is -2.40. The Morgan fingerprint density at radius 3 is 2.29 bits per heavy atom. The van der Waals surface area contributed by atoms with Crippen molar-refractivity contribution in [1.29, 1.82) is 0 Å². The Morgan fingerprint density at radius 1 is 1.36 bits per heavy atom. The zero-order chi connectivity index (χ0) is 10.7. The zero-order valence-corrected chi connectivity index (χ0v) is 9.86. The van der Waals surface area contributed by atoms with E-state index in [-0.39, 0.29) is 18.6 Å². The molecule has 0 heterocycles. The zero-order valence-electron chi connectivity index (χ0n) is 9.05. The topological polar surface area (TPSA) is 52.5 Å². The Labute approximate surface area is 90.3 Å². The van der Waals surface area contributed by atoms with E-state index in [1.54, 1.807) is 0 Å². The fourth-order valence-corrected chi connectivity index (χ4v) is 2.10. The third-order valence-corrected chi connectivity index (χ3v) is 4.42. The highest BCUT2D eigenvalue weighted by Crippen LogP contribution is 2.46. The lowest BCUT2D eigenvalue weighted by molar-refractivity contribution is 0.0699. The van der Waals surface area contributed by atoms with Gasteiger partial charge >= 0.3 is 0 Å². The number of aliphatic hydroxyl groups is 2. The predicted octanol–water partition coefficient (Wildman–Crippen LogP) is 0.462. The molecule has 14 heavy (non-hydrogen) atoms. The minimum Gasteiger partial charge on any atom is -0.396 e. The SMILES string of the molecule is CSC1(CNCC(C)(CO)CO)CC1. The van der Waals surface area contributed by atoms with Gasteiger partial charge in [-0.25, -0.2) is 0 Å². The third-order valence-electron chi connectivity index (χ3n) is 3.00. The maximum Gasteiger partial charge on any atom is 0.0518 e. The summed E-state index contributed by atoms with van der Waals surface area (Å²) in [4.78, 5) is 0. The van der Waals surface area contributed by atoms with Crippen LogP contribution in [0.15, 0.2) is 0 Å². The largest absolute Gasteiger partial charge is 0.396 e. The molecule has 1 aliphatic rings. The Balaban J connectivity index is 2.20. The molecule has 0 aromatic carbocycles. The van der Waals surface area contributed by atoms with E-state index in [0.29, 0.717) is 11.3 Å². The molecule has 0 aromatic heterocycles. The first kappa shape index (κ1) is 12.3. The van der Waals surface area contributed by atoms with E-state index in [9.17, 15) is 0 Å². The van der Waals surface area contributed by atoms with Gasteiger partial charge in [-0.15, -0.1) is 0 Å². The molecule has 0 aromatic rings. The summed E-state index contributed by atoms with van der Waals surface area (Å²) in [6.07, 6.45) is 4.72. The van der Waals surface area contributed by atoms with Gasteiger partial charge in [0.05, 0.1) is 13.2 Å². The molecule has 4 heteroatoms. The molecule has 0 atom stereocenters. The van der Waals surface area contributed by atoms with Crippen LogP contribution >= 0.6 is 11.8 Å². The van der Waals surface area contributed by atoms with Crippen LogP contribution in [0.1, 0.15) is 19.8 Å². The smallest absolute Gasteiger partial charge is 0.0518 e. The summed E-state index contributed by atoms with van der Waals surface area (Å²) in [6.45, 7) is 3.62. The minimum absolute atomic E-state index is 0.0305. The maximum absolute atomic E-state index is 9.08. The quantitative estimate of drug-likeness (QED) is 0.582. The molecular weight excluding hydrogens is 198 g/mol. The summed E-state index contributed by atoms with van der Waals surface area (Å²) >= 11 is 1.92. The lowest BCUT2D eigenvalue weighted by Gasteiger charge is -2.26. The van der Waals surface area contributed by atoms with Crippen molar-refractivity contribution in [3.63, 3.8) is 0 Å². The van der Waals surface area contributed by atoms with Gasteiger partial charge in [0.2, 0.25) is 0 Å². The molecule has 0 amide bonds. The number of hydrogen-bond acceptors (Lipinski definition) is 4. The van der Waals surface area contributed by atoms with Gasteiger partial charge < -0.3 is 15.5 Å². The highest BCUT2D eigenvalue weighted by atomic mass is 32.2. The van der Waals surface area contributed by atoms with Crippen molar-refractivity contribution in [2.24, 2.45) is 5.41 Å². The molecule has 1 aliphatic carbocycles. The molecule has 0 spiro atoms. The van der Waals surface area contributed by atoms with Gasteiger partial charge in [-0.2, -0.15) is 11.8 Å². The normalized spacial score (nSPS) is 19.7. The first-order chi connectivity index (χ1) is 6.60. The van der Waals surface area contributed by atoms with Crippen LogP contribution in [-0.2, 0) is 0 Å². The van der Waals surface area contributed by atoms with E-state index in [1.807, 2.05) is 18.7 Å². The highest BCUT2D eigenvalue weighted by molar-refractivity contribution is 8.00. The Morgan fingerprint density at radius 2 is 1.93 bits per heavy atom. The molecule has 0 radical (unpaired) electrons. The molecule has 1 saturated carbocycles. The molecule has 3 N–H and O–H groups in total. The van der Waals surface area contributed by atoms with Crippen molar-refractivity contribution in [3.8, 4) is 0 Å². The number of thioether (sulfide) groups is 1. The average Bonchev–Trinajstić information content (AvgIpc) is 2.98. The third kappa shape index (κ3) is 3.12. The molecule has 0 aliphatic heterocycles. The van der Waals surface area contributed by atoms with Crippen molar-refractivity contribution in [1.82, 2.24) is 5.32 Å². The van der Waals surface area contributed by atoms with Crippen LogP contribution < -0.4 is 5.32 Å². The minimum atomic E-state index is -0.380. The standard InChI is InChI=1S/C10H21NO2S/c1-9(7-12,8-13)5-11-6-10(14-2)3-4-10/h11-13H,3-8H2,1-2H3. The summed E-state index contributed by atoms with van der Waals surface area (Å²) in [7, 11) is 0. The molecular formula is C10H21NO2S. The second-order valence-corrected chi connectivity index (χ2v) is 5.89. The van der Waals surface area contributed by atoms with Crippen LogP contribution in [0.3, 0.4) is 0 Å². The fourth-order valence-electron chi connectivity index (χ4n) is 1.35. The van der Waals surface area contributed by atoms with Crippen molar-refractivity contribution in [2.45, 2.75) is 24.5 Å². The molecule has 0 saturated heterocycles. The predicted molar refractivity (Wildman–Crippen MR) is 60.6 cm³/mol. The van der Waals surface area contributed by atoms with Crippen molar-refractivity contribution in [3.05, 3.63) is 0 Å². The molecule has 3 nitrogen and oxygen atoms in total. The van der Waals surface area contributed by atoms with Gasteiger partial charge in [0.15, 0.2) is 0 Å². The van der Waals surface area contributed by atoms with E-state index in [4.69, 9.17) is 10.2 Å². The fraction of sp³-hybridized carbons (Fsp3) is 1.00. The Kier molecular flexibility index (Phi) is 4.25. The van der Waals surface area contributed by atoms with Crippen LogP contribution in [-0.4, -0.2) is 47.5 Å². The molecule has 0 bridgehead atoms. The van der Waals surface area contributed by atoms with Crippen molar-refractivity contribution in [2.75, 3.05) is 32.6 Å². The summed E-state index contributed by atoms with van der Waals surface area (Å²) < 4.78 is 0.450. The van der Waals surface area contributed by atoms with Crippen LogP contribution in [0, 0.1) is 5.41 Å². The first-order valence-electron chi connectivity index (χ1n) is 5.07. The van der Waals surface area contributed by atoms with Crippen molar-refractivity contribution >= 4 is 11.8 Å². The second-order valence-electron chi connectivity index (χ2n) is 4.62. The molecule has 84 valence electrons. The molecule has 0 unspecified atom stereocenters. The number of hydrogen-bond donors (Lipinski definition) is 3. The van der Waals surface area contributed by atoms with Gasteiger partial charge in [0.25, 0.3) is 0 Å². The Bertz CT molecular complexity index is 179.